The van der Waals surface area contributed by atoms with E-state index in [0.717, 1.165) is 19.3 Å². The van der Waals surface area contributed by atoms with Crippen molar-refractivity contribution in [1.82, 2.24) is 20.4 Å². The van der Waals surface area contributed by atoms with Gasteiger partial charge in [0, 0.05) is 32.7 Å². The number of unbranched alkanes of at least 4 members (excludes halogenated alkanes) is 13. The lowest BCUT2D eigenvalue weighted by atomic mass is 9.85. The Morgan fingerprint density at radius 1 is 0.706 bits per heavy atom. The van der Waals surface area contributed by atoms with Crippen LogP contribution in [0, 0.1) is 0 Å². The Morgan fingerprint density at radius 2 is 1.15 bits per heavy atom. The Bertz CT molecular complexity index is 600. The molecule has 2 saturated heterocycles. The monoisotopic (exact) mass is 480 g/mol. The van der Waals surface area contributed by atoms with Gasteiger partial charge in [0.1, 0.15) is 0 Å². The van der Waals surface area contributed by atoms with E-state index in [1.54, 1.807) is 0 Å². The number of nitrogens with one attached hydrogen (secondary N) is 2. The quantitative estimate of drug-likeness (QED) is 0.205. The van der Waals surface area contributed by atoms with Crippen LogP contribution in [-0.2, 0) is 9.59 Å². The lowest BCUT2D eigenvalue weighted by molar-refractivity contribution is -0.150. The first kappa shape index (κ1) is 28.7. The number of carbonyl (C=O) groups is 3. The molecule has 0 aromatic heterocycles. The number of rotatable bonds is 18. The highest BCUT2D eigenvalue weighted by atomic mass is 16.3. The maximum atomic E-state index is 12.9. The Morgan fingerprint density at radius 3 is 1.59 bits per heavy atom. The van der Waals surface area contributed by atoms with Crippen LogP contribution in [0.15, 0.2) is 0 Å². The average Bonchev–Trinajstić information content (AvgIpc) is 2.82. The van der Waals surface area contributed by atoms with Gasteiger partial charge in [-0.1, -0.05) is 96.8 Å². The van der Waals surface area contributed by atoms with Gasteiger partial charge in [0.15, 0.2) is 5.54 Å². The van der Waals surface area contributed by atoms with Crippen LogP contribution in [0.1, 0.15) is 103 Å². The number of aliphatic hydroxyl groups excluding tert-OH is 1. The maximum Gasteiger partial charge on any atom is 0.328 e. The highest BCUT2D eigenvalue weighted by Crippen LogP contribution is 2.28. The predicted octanol–water partition coefficient (Wildman–Crippen LogP) is 3.57. The van der Waals surface area contributed by atoms with Crippen molar-refractivity contribution in [3.8, 4) is 0 Å². The normalized spacial score (nSPS) is 19.3. The van der Waals surface area contributed by atoms with E-state index in [1.807, 2.05) is 4.90 Å². The molecule has 0 atom stereocenters. The summed E-state index contributed by atoms with van der Waals surface area (Å²) in [5.74, 6) is -0.988. The van der Waals surface area contributed by atoms with Crippen LogP contribution in [0.4, 0.5) is 4.79 Å². The van der Waals surface area contributed by atoms with Crippen molar-refractivity contribution in [2.24, 2.45) is 0 Å². The van der Waals surface area contributed by atoms with Gasteiger partial charge < -0.3 is 5.11 Å². The fourth-order valence-corrected chi connectivity index (χ4v) is 5.29. The van der Waals surface area contributed by atoms with Crippen molar-refractivity contribution in [2.45, 2.75) is 109 Å². The van der Waals surface area contributed by atoms with Crippen LogP contribution in [0.25, 0.3) is 0 Å². The average molecular weight is 481 g/mol. The van der Waals surface area contributed by atoms with Crippen LogP contribution in [-0.4, -0.2) is 77.6 Å². The molecular formula is C26H48N4O4. The van der Waals surface area contributed by atoms with E-state index < -0.39 is 23.4 Å². The number of β-amino-alcohol motifs (C(OH)–C–C–N with tert-alkyl or cyclic N) is 1. The minimum absolute atomic E-state index is 0.0969. The third-order valence-corrected chi connectivity index (χ3v) is 7.43. The highest BCUT2D eigenvalue weighted by molar-refractivity contribution is 6.22. The summed E-state index contributed by atoms with van der Waals surface area (Å²) in [5.41, 5.74) is -1.31. The number of urea groups is 1. The molecule has 3 N–H and O–H groups in total. The number of imide groups is 2. The third-order valence-electron chi connectivity index (χ3n) is 7.43. The molecule has 2 rings (SSSR count). The molecule has 0 bridgehead atoms. The zero-order valence-electron chi connectivity index (χ0n) is 21.4. The summed E-state index contributed by atoms with van der Waals surface area (Å²) < 4.78 is 0. The molecule has 0 aromatic rings. The number of hydrogen-bond acceptors (Lipinski definition) is 6. The largest absolute Gasteiger partial charge is 0.395 e. The summed E-state index contributed by atoms with van der Waals surface area (Å²) in [6, 6.07) is -0.731. The van der Waals surface area contributed by atoms with Crippen molar-refractivity contribution in [2.75, 3.05) is 39.3 Å². The van der Waals surface area contributed by atoms with Crippen LogP contribution in [0.2, 0.25) is 0 Å². The molecule has 0 spiro atoms. The van der Waals surface area contributed by atoms with Crippen LogP contribution in [0.3, 0.4) is 0 Å². The molecule has 2 fully saturated rings. The summed E-state index contributed by atoms with van der Waals surface area (Å²) >= 11 is 0. The van der Waals surface area contributed by atoms with Gasteiger partial charge >= 0.3 is 6.03 Å². The molecule has 8 nitrogen and oxygen atoms in total. The van der Waals surface area contributed by atoms with Gasteiger partial charge in [0.2, 0.25) is 0 Å². The summed E-state index contributed by atoms with van der Waals surface area (Å²) in [6.45, 7) is 5.45. The fourth-order valence-electron chi connectivity index (χ4n) is 5.29. The Kier molecular flexibility index (Phi) is 13.7. The molecule has 0 unspecified atom stereocenters. The second kappa shape index (κ2) is 16.2. The molecule has 2 aliphatic heterocycles. The Hall–Kier alpha value is -1.51. The van der Waals surface area contributed by atoms with Gasteiger partial charge in [0.05, 0.1) is 6.61 Å². The van der Waals surface area contributed by atoms with E-state index in [1.165, 1.54) is 70.6 Å². The van der Waals surface area contributed by atoms with Gasteiger partial charge in [-0.2, -0.15) is 0 Å². The van der Waals surface area contributed by atoms with Crippen molar-refractivity contribution < 1.29 is 19.5 Å². The van der Waals surface area contributed by atoms with E-state index in [-0.39, 0.29) is 6.61 Å². The Balaban J connectivity index is 1.67. The number of amides is 4. The van der Waals surface area contributed by atoms with Gasteiger partial charge in [0.25, 0.3) is 11.8 Å². The lowest BCUT2D eigenvalue weighted by Crippen LogP contribution is -2.74. The first-order chi connectivity index (χ1) is 16.5. The molecule has 34 heavy (non-hydrogen) atoms. The SMILES string of the molecule is CCCCCCCCCCCCCCCCC1(N2CCN(CCO)CC2)C(=O)NC(=O)NC1=O. The van der Waals surface area contributed by atoms with E-state index in [9.17, 15) is 19.5 Å². The first-order valence-corrected chi connectivity index (χ1v) is 13.8. The Labute approximate surface area is 206 Å². The predicted molar refractivity (Wildman–Crippen MR) is 134 cm³/mol. The van der Waals surface area contributed by atoms with E-state index in [0.29, 0.717) is 39.1 Å². The van der Waals surface area contributed by atoms with Gasteiger partial charge in [-0.3, -0.25) is 30.0 Å². The fraction of sp³-hybridized carbons (Fsp3) is 0.885. The topological polar surface area (TPSA) is 102 Å². The molecule has 4 amide bonds. The van der Waals surface area contributed by atoms with Crippen LogP contribution < -0.4 is 10.6 Å². The van der Waals surface area contributed by atoms with E-state index >= 15 is 0 Å². The zero-order chi connectivity index (χ0) is 24.7. The molecule has 0 aliphatic carbocycles. The maximum absolute atomic E-state index is 12.9. The molecule has 2 aliphatic rings. The van der Waals surface area contributed by atoms with Crippen molar-refractivity contribution >= 4 is 17.8 Å². The standard InChI is InChI=1S/C26H48N4O4/c1-2-3-4-5-6-7-8-9-10-11-12-13-14-15-16-26(23(32)27-25(34)28-24(26)33)30-19-17-29(18-20-30)21-22-31/h31H,2-22H2,1H3,(H2,27,28,32,33,34). The number of aliphatic hydroxyl groups is 1. The minimum atomic E-state index is -1.31. The lowest BCUT2D eigenvalue weighted by Gasteiger charge is -2.46. The van der Waals surface area contributed by atoms with E-state index in [4.69, 9.17) is 0 Å². The first-order valence-electron chi connectivity index (χ1n) is 13.8. The summed E-state index contributed by atoms with van der Waals surface area (Å²) in [7, 11) is 0. The minimum Gasteiger partial charge on any atom is -0.395 e. The summed E-state index contributed by atoms with van der Waals surface area (Å²) in [5, 5.41) is 13.8. The number of barbiturate groups is 1. The van der Waals surface area contributed by atoms with Crippen LogP contribution >= 0.6 is 0 Å². The van der Waals surface area contributed by atoms with Crippen molar-refractivity contribution in [3.05, 3.63) is 0 Å². The number of carbonyl (C=O) groups excluding carboxylic acids is 3. The molecule has 0 radical (unpaired) electrons. The van der Waals surface area contributed by atoms with Crippen molar-refractivity contribution in [1.29, 1.82) is 0 Å². The second-order valence-electron chi connectivity index (χ2n) is 10.00. The van der Waals surface area contributed by atoms with Gasteiger partial charge in [-0.15, -0.1) is 0 Å². The van der Waals surface area contributed by atoms with Crippen LogP contribution in [0.5, 0.6) is 0 Å². The van der Waals surface area contributed by atoms with Gasteiger partial charge in [-0.25, -0.2) is 4.79 Å². The molecular weight excluding hydrogens is 432 g/mol. The number of piperazine rings is 1. The number of hydrogen-bond donors (Lipinski definition) is 3. The second-order valence-corrected chi connectivity index (χ2v) is 10.00. The molecule has 196 valence electrons. The molecule has 0 saturated carbocycles. The molecule has 0 aromatic carbocycles. The molecule has 8 heteroatoms. The molecule has 2 heterocycles. The van der Waals surface area contributed by atoms with Crippen molar-refractivity contribution in [3.63, 3.8) is 0 Å². The number of nitrogens with zero attached hydrogens (tertiary/aromatic N) is 2. The smallest absolute Gasteiger partial charge is 0.328 e. The van der Waals surface area contributed by atoms with E-state index in [2.05, 4.69) is 22.5 Å². The summed E-state index contributed by atoms with van der Waals surface area (Å²) in [6.07, 6.45) is 17.9. The highest BCUT2D eigenvalue weighted by Gasteiger charge is 2.54. The summed E-state index contributed by atoms with van der Waals surface area (Å²) in [4.78, 5) is 41.6. The zero-order valence-corrected chi connectivity index (χ0v) is 21.4. The van der Waals surface area contributed by atoms with Gasteiger partial charge in [-0.05, 0) is 6.42 Å². The third kappa shape index (κ3) is 8.93.